The summed E-state index contributed by atoms with van der Waals surface area (Å²) in [6.07, 6.45) is 2.43. The summed E-state index contributed by atoms with van der Waals surface area (Å²) in [5.41, 5.74) is 0.552. The van der Waals surface area contributed by atoms with Gasteiger partial charge in [-0.3, -0.25) is 4.98 Å². The molecule has 78 valence electrons. The van der Waals surface area contributed by atoms with Crippen LogP contribution in [-0.4, -0.2) is 24.8 Å². The molecule has 0 saturated heterocycles. The fourth-order valence-corrected chi connectivity index (χ4v) is 1.96. The van der Waals surface area contributed by atoms with Crippen molar-refractivity contribution in [1.29, 1.82) is 0 Å². The largest absolute Gasteiger partial charge is 0.506 e. The molecule has 15 heavy (non-hydrogen) atoms. The summed E-state index contributed by atoms with van der Waals surface area (Å²) in [4.78, 5) is 4.17. The number of rotatable bonds is 1. The molecular weight excluding hydrogens is 214 g/mol. The van der Waals surface area contributed by atoms with Crippen LogP contribution in [0.2, 0.25) is 0 Å². The topological polar surface area (TPSA) is 67.3 Å². The van der Waals surface area contributed by atoms with Crippen LogP contribution >= 0.6 is 0 Å². The van der Waals surface area contributed by atoms with Crippen molar-refractivity contribution in [2.75, 3.05) is 6.26 Å². The number of fused-ring (bicyclic) bond motifs is 1. The van der Waals surface area contributed by atoms with E-state index in [9.17, 15) is 13.5 Å². The monoisotopic (exact) mass is 223 g/mol. The standard InChI is InChI=1S/C10H9NO3S/c1-15(13,14)9-3-2-7-4-8(12)6-11-10(7)5-9/h2-6,12H,1H3. The van der Waals surface area contributed by atoms with Gasteiger partial charge in [-0.15, -0.1) is 0 Å². The third-order valence-electron chi connectivity index (χ3n) is 2.07. The van der Waals surface area contributed by atoms with Crippen LogP contribution in [0.5, 0.6) is 5.75 Å². The van der Waals surface area contributed by atoms with Gasteiger partial charge in [0.05, 0.1) is 16.6 Å². The van der Waals surface area contributed by atoms with Gasteiger partial charge in [-0.1, -0.05) is 6.07 Å². The molecule has 2 rings (SSSR count). The van der Waals surface area contributed by atoms with Gasteiger partial charge in [0.2, 0.25) is 0 Å². The number of aromatic hydroxyl groups is 1. The van der Waals surface area contributed by atoms with Crippen molar-refractivity contribution in [2.45, 2.75) is 4.90 Å². The van der Waals surface area contributed by atoms with Crippen molar-refractivity contribution >= 4 is 20.7 Å². The Labute approximate surface area is 87.1 Å². The number of pyridine rings is 1. The molecule has 1 aromatic carbocycles. The first-order valence-corrected chi connectivity index (χ1v) is 6.15. The average Bonchev–Trinajstić information content (AvgIpc) is 2.15. The molecule has 0 aliphatic rings. The van der Waals surface area contributed by atoms with Gasteiger partial charge in [0.15, 0.2) is 9.84 Å². The molecule has 0 aliphatic heterocycles. The summed E-state index contributed by atoms with van der Waals surface area (Å²) >= 11 is 0. The number of hydrogen-bond acceptors (Lipinski definition) is 4. The maximum Gasteiger partial charge on any atom is 0.175 e. The summed E-state index contributed by atoms with van der Waals surface area (Å²) in [7, 11) is -3.21. The molecule has 0 fully saturated rings. The molecule has 0 unspecified atom stereocenters. The van der Waals surface area contributed by atoms with Gasteiger partial charge >= 0.3 is 0 Å². The average molecular weight is 223 g/mol. The fourth-order valence-electron chi connectivity index (χ4n) is 1.32. The highest BCUT2D eigenvalue weighted by atomic mass is 32.2. The van der Waals surface area contributed by atoms with Crippen molar-refractivity contribution < 1.29 is 13.5 Å². The van der Waals surface area contributed by atoms with E-state index in [1.165, 1.54) is 24.4 Å². The van der Waals surface area contributed by atoms with Gasteiger partial charge < -0.3 is 5.11 Å². The van der Waals surface area contributed by atoms with Gasteiger partial charge in [0.25, 0.3) is 0 Å². The van der Waals surface area contributed by atoms with Crippen LogP contribution in [0, 0.1) is 0 Å². The third-order valence-corrected chi connectivity index (χ3v) is 3.18. The molecule has 1 N–H and O–H groups in total. The highest BCUT2D eigenvalue weighted by Crippen LogP contribution is 2.20. The molecule has 0 amide bonds. The van der Waals surface area contributed by atoms with Gasteiger partial charge in [-0.25, -0.2) is 8.42 Å². The van der Waals surface area contributed by atoms with E-state index in [1.807, 2.05) is 0 Å². The van der Waals surface area contributed by atoms with Crippen LogP contribution in [0.4, 0.5) is 0 Å². The predicted octanol–water partition coefficient (Wildman–Crippen LogP) is 1.34. The Balaban J connectivity index is 2.73. The molecule has 0 atom stereocenters. The summed E-state index contributed by atoms with van der Waals surface area (Å²) in [6, 6.07) is 6.15. The summed E-state index contributed by atoms with van der Waals surface area (Å²) in [5.74, 6) is 0.0644. The van der Waals surface area contributed by atoms with Crippen LogP contribution in [0.25, 0.3) is 10.9 Å². The molecule has 0 bridgehead atoms. The Morgan fingerprint density at radius 2 is 2.00 bits per heavy atom. The quantitative estimate of drug-likeness (QED) is 0.792. The van der Waals surface area contributed by atoms with E-state index in [0.29, 0.717) is 10.9 Å². The summed E-state index contributed by atoms with van der Waals surface area (Å²) in [6.45, 7) is 0. The lowest BCUT2D eigenvalue weighted by Gasteiger charge is -2.01. The Morgan fingerprint density at radius 3 is 2.67 bits per heavy atom. The van der Waals surface area contributed by atoms with E-state index < -0.39 is 9.84 Å². The number of benzene rings is 1. The molecule has 4 nitrogen and oxygen atoms in total. The molecule has 5 heteroatoms. The molecule has 1 aromatic heterocycles. The first-order valence-electron chi connectivity index (χ1n) is 4.26. The molecule has 0 saturated carbocycles. The summed E-state index contributed by atoms with van der Waals surface area (Å²) < 4.78 is 22.5. The van der Waals surface area contributed by atoms with E-state index in [-0.39, 0.29) is 10.6 Å². The number of nitrogens with zero attached hydrogens (tertiary/aromatic N) is 1. The van der Waals surface area contributed by atoms with Crippen LogP contribution < -0.4 is 0 Å². The maximum absolute atomic E-state index is 11.3. The molecule has 0 aliphatic carbocycles. The summed E-state index contributed by atoms with van der Waals surface area (Å²) in [5, 5.41) is 9.89. The van der Waals surface area contributed by atoms with Gasteiger partial charge in [0, 0.05) is 11.6 Å². The molecule has 1 heterocycles. The minimum absolute atomic E-state index is 0.0644. The van der Waals surface area contributed by atoms with Gasteiger partial charge in [0.1, 0.15) is 5.75 Å². The molecule has 0 spiro atoms. The van der Waals surface area contributed by atoms with Crippen molar-refractivity contribution in [3.8, 4) is 5.75 Å². The second-order valence-electron chi connectivity index (χ2n) is 3.32. The number of sulfone groups is 1. The van der Waals surface area contributed by atoms with E-state index >= 15 is 0 Å². The van der Waals surface area contributed by atoms with Gasteiger partial charge in [-0.05, 0) is 18.2 Å². The number of hydrogen-bond donors (Lipinski definition) is 1. The van der Waals surface area contributed by atoms with Crippen molar-refractivity contribution in [3.05, 3.63) is 30.5 Å². The Bertz CT molecular complexity index is 620. The Hall–Kier alpha value is -1.62. The highest BCUT2D eigenvalue weighted by molar-refractivity contribution is 7.90. The number of aromatic nitrogens is 1. The van der Waals surface area contributed by atoms with E-state index in [1.54, 1.807) is 6.07 Å². The smallest absolute Gasteiger partial charge is 0.175 e. The van der Waals surface area contributed by atoms with Crippen molar-refractivity contribution in [1.82, 2.24) is 4.98 Å². The molecule has 0 radical (unpaired) electrons. The normalized spacial score (nSPS) is 11.8. The molecular formula is C10H9NO3S. The maximum atomic E-state index is 11.3. The van der Waals surface area contributed by atoms with Crippen molar-refractivity contribution in [2.24, 2.45) is 0 Å². The lowest BCUT2D eigenvalue weighted by Crippen LogP contribution is -1.96. The van der Waals surface area contributed by atoms with E-state index in [4.69, 9.17) is 0 Å². The minimum Gasteiger partial charge on any atom is -0.506 e. The lowest BCUT2D eigenvalue weighted by molar-refractivity contribution is 0.474. The first-order chi connectivity index (χ1) is 6.97. The fraction of sp³-hybridized carbons (Fsp3) is 0.100. The second kappa shape index (κ2) is 3.20. The minimum atomic E-state index is -3.21. The van der Waals surface area contributed by atoms with E-state index in [0.717, 1.165) is 6.26 Å². The molecule has 2 aromatic rings. The lowest BCUT2D eigenvalue weighted by atomic mass is 10.2. The highest BCUT2D eigenvalue weighted by Gasteiger charge is 2.07. The zero-order chi connectivity index (χ0) is 11.1. The van der Waals surface area contributed by atoms with Crippen LogP contribution in [-0.2, 0) is 9.84 Å². The first kappa shape index (κ1) is 9.92. The van der Waals surface area contributed by atoms with E-state index in [2.05, 4.69) is 4.98 Å². The zero-order valence-electron chi connectivity index (χ0n) is 8.01. The SMILES string of the molecule is CS(=O)(=O)c1ccc2cc(O)cnc2c1. The van der Waals surface area contributed by atoms with Gasteiger partial charge in [-0.2, -0.15) is 0 Å². The zero-order valence-corrected chi connectivity index (χ0v) is 8.82. The third kappa shape index (κ3) is 1.92. The Kier molecular flexibility index (Phi) is 2.12. The van der Waals surface area contributed by atoms with Crippen LogP contribution in [0.1, 0.15) is 0 Å². The predicted molar refractivity (Wildman–Crippen MR) is 56.5 cm³/mol. The Morgan fingerprint density at radius 1 is 1.27 bits per heavy atom. The van der Waals surface area contributed by atoms with Crippen LogP contribution in [0.15, 0.2) is 35.4 Å². The van der Waals surface area contributed by atoms with Crippen molar-refractivity contribution in [3.63, 3.8) is 0 Å². The van der Waals surface area contributed by atoms with Crippen LogP contribution in [0.3, 0.4) is 0 Å². The second-order valence-corrected chi connectivity index (χ2v) is 5.34.